The number of methoxy groups -OCH3 is 1. The van der Waals surface area contributed by atoms with E-state index in [9.17, 15) is 22.8 Å². The highest BCUT2D eigenvalue weighted by Gasteiger charge is 2.29. The molecule has 1 amide bonds. The molecule has 4 nitrogen and oxygen atoms in total. The van der Waals surface area contributed by atoms with Crippen molar-refractivity contribution >= 4 is 11.7 Å². The van der Waals surface area contributed by atoms with Gasteiger partial charge in [0.15, 0.2) is 0 Å². The molecule has 20 heavy (non-hydrogen) atoms. The van der Waals surface area contributed by atoms with Crippen molar-refractivity contribution in [1.82, 2.24) is 5.32 Å². The van der Waals surface area contributed by atoms with E-state index in [1.807, 2.05) is 0 Å². The third-order valence-electron chi connectivity index (χ3n) is 2.48. The highest BCUT2D eigenvalue weighted by Crippen LogP contribution is 2.21. The summed E-state index contributed by atoms with van der Waals surface area (Å²) in [7, 11) is 1.48. The minimum absolute atomic E-state index is 0.0494. The van der Waals surface area contributed by atoms with Crippen LogP contribution in [-0.2, 0) is 16.1 Å². The Hall–Kier alpha value is -2.05. The molecule has 1 N–H and O–H groups in total. The number of hydrogen-bond donors (Lipinski definition) is 1. The van der Waals surface area contributed by atoms with Crippen molar-refractivity contribution in [3.63, 3.8) is 0 Å². The summed E-state index contributed by atoms with van der Waals surface area (Å²) in [4.78, 5) is 22.5. The van der Waals surface area contributed by atoms with Crippen molar-refractivity contribution in [3.05, 3.63) is 29.8 Å². The zero-order chi connectivity index (χ0) is 15.2. The molecule has 1 rings (SSSR count). The molecule has 0 atom stereocenters. The monoisotopic (exact) mass is 289 g/mol. The summed E-state index contributed by atoms with van der Waals surface area (Å²) in [5, 5.41) is 2.27. The lowest BCUT2D eigenvalue weighted by atomic mass is 10.2. The number of amides is 1. The fourth-order valence-electron chi connectivity index (χ4n) is 1.43. The topological polar surface area (TPSA) is 55.4 Å². The van der Waals surface area contributed by atoms with Crippen LogP contribution in [0.2, 0.25) is 0 Å². The molecule has 1 aromatic rings. The number of ether oxygens (including phenoxy) is 1. The maximum Gasteiger partial charge on any atom is 0.389 e. The zero-order valence-electron chi connectivity index (χ0n) is 10.8. The molecule has 0 fully saturated rings. The van der Waals surface area contributed by atoms with Crippen LogP contribution in [-0.4, -0.2) is 25.0 Å². The van der Waals surface area contributed by atoms with Crippen molar-refractivity contribution in [2.24, 2.45) is 0 Å². The highest BCUT2D eigenvalue weighted by molar-refractivity contribution is 6.36. The number of Topliss-reactive ketones (excluding diaryl/α,β-unsaturated/α-hetero) is 1. The van der Waals surface area contributed by atoms with Gasteiger partial charge in [0.25, 0.3) is 5.91 Å². The van der Waals surface area contributed by atoms with Gasteiger partial charge in [-0.3, -0.25) is 9.59 Å². The molecular formula is C13H14F3NO3. The van der Waals surface area contributed by atoms with Gasteiger partial charge in [-0.25, -0.2) is 0 Å². The average Bonchev–Trinajstić information content (AvgIpc) is 2.41. The van der Waals surface area contributed by atoms with Crippen molar-refractivity contribution in [2.75, 3.05) is 7.11 Å². The van der Waals surface area contributed by atoms with Gasteiger partial charge in [0, 0.05) is 13.0 Å². The Kier molecular flexibility index (Phi) is 5.54. The Morgan fingerprint density at radius 3 is 2.60 bits per heavy atom. The lowest BCUT2D eigenvalue weighted by Gasteiger charge is -2.07. The van der Waals surface area contributed by atoms with Crippen LogP contribution >= 0.6 is 0 Å². The summed E-state index contributed by atoms with van der Waals surface area (Å²) in [6, 6.07) is 6.76. The highest BCUT2D eigenvalue weighted by atomic mass is 19.4. The quantitative estimate of drug-likeness (QED) is 0.817. The average molecular weight is 289 g/mol. The molecule has 0 aromatic heterocycles. The summed E-state index contributed by atoms with van der Waals surface area (Å²) in [6.45, 7) is 0.0494. The predicted octanol–water partition coefficient (Wildman–Crippen LogP) is 2.22. The van der Waals surface area contributed by atoms with Crippen LogP contribution in [0, 0.1) is 0 Å². The maximum atomic E-state index is 11.9. The molecule has 0 radical (unpaired) electrons. The van der Waals surface area contributed by atoms with Crippen molar-refractivity contribution in [3.8, 4) is 5.75 Å². The lowest BCUT2D eigenvalue weighted by molar-refractivity contribution is -0.148. The first-order valence-corrected chi connectivity index (χ1v) is 5.82. The van der Waals surface area contributed by atoms with Crippen LogP contribution in [0.25, 0.3) is 0 Å². The number of carbonyl (C=O) groups is 2. The summed E-state index contributed by atoms with van der Waals surface area (Å²) in [6.07, 6.45) is -6.57. The van der Waals surface area contributed by atoms with Crippen molar-refractivity contribution in [1.29, 1.82) is 0 Å². The number of hydrogen-bond acceptors (Lipinski definition) is 3. The first-order valence-electron chi connectivity index (χ1n) is 5.82. The van der Waals surface area contributed by atoms with Crippen LogP contribution in [0.1, 0.15) is 18.4 Å². The largest absolute Gasteiger partial charge is 0.497 e. The van der Waals surface area contributed by atoms with Gasteiger partial charge in [0.05, 0.1) is 13.5 Å². The van der Waals surface area contributed by atoms with Crippen LogP contribution in [0.3, 0.4) is 0 Å². The summed E-state index contributed by atoms with van der Waals surface area (Å²) >= 11 is 0. The van der Waals surface area contributed by atoms with Crippen LogP contribution < -0.4 is 10.1 Å². The standard InChI is InChI=1S/C13H14F3NO3/c1-20-10-4-2-3-9(7-10)8-17-12(19)11(18)5-6-13(14,15)16/h2-4,7H,5-6,8H2,1H3,(H,17,19). The van der Waals surface area contributed by atoms with E-state index in [1.54, 1.807) is 24.3 Å². The Morgan fingerprint density at radius 1 is 1.30 bits per heavy atom. The number of ketones is 1. The number of alkyl halides is 3. The molecule has 0 unspecified atom stereocenters. The van der Waals surface area contributed by atoms with Gasteiger partial charge in [-0.05, 0) is 17.7 Å². The number of benzene rings is 1. The van der Waals surface area contributed by atoms with Crippen LogP contribution in [0.5, 0.6) is 5.75 Å². The summed E-state index contributed by atoms with van der Waals surface area (Å²) in [5.74, 6) is -1.51. The molecule has 1 aromatic carbocycles. The van der Waals surface area contributed by atoms with E-state index in [-0.39, 0.29) is 6.54 Å². The van der Waals surface area contributed by atoms with E-state index in [0.29, 0.717) is 11.3 Å². The summed E-state index contributed by atoms with van der Waals surface area (Å²) < 4.78 is 40.7. The number of carbonyl (C=O) groups excluding carboxylic acids is 2. The molecule has 7 heteroatoms. The maximum absolute atomic E-state index is 11.9. The lowest BCUT2D eigenvalue weighted by Crippen LogP contribution is -2.31. The smallest absolute Gasteiger partial charge is 0.389 e. The molecule has 0 aliphatic rings. The van der Waals surface area contributed by atoms with Gasteiger partial charge < -0.3 is 10.1 Å². The normalized spacial score (nSPS) is 11.0. The van der Waals surface area contributed by atoms with Gasteiger partial charge >= 0.3 is 6.18 Å². The zero-order valence-corrected chi connectivity index (χ0v) is 10.8. The van der Waals surface area contributed by atoms with E-state index >= 15 is 0 Å². The van der Waals surface area contributed by atoms with Crippen molar-refractivity contribution in [2.45, 2.75) is 25.6 Å². The molecule has 0 spiro atoms. The number of halogens is 3. The summed E-state index contributed by atoms with van der Waals surface area (Å²) in [5.41, 5.74) is 0.682. The first kappa shape index (κ1) is 16.0. The minimum atomic E-state index is -4.44. The fraction of sp³-hybridized carbons (Fsp3) is 0.385. The molecule has 110 valence electrons. The molecule has 0 aliphatic carbocycles. The SMILES string of the molecule is COc1cccc(CNC(=O)C(=O)CCC(F)(F)F)c1. The molecule has 0 aliphatic heterocycles. The van der Waals surface area contributed by atoms with Gasteiger partial charge in [0.2, 0.25) is 5.78 Å². The first-order chi connectivity index (χ1) is 9.31. The van der Waals surface area contributed by atoms with Gasteiger partial charge in [-0.15, -0.1) is 0 Å². The molecule has 0 heterocycles. The Morgan fingerprint density at radius 2 is 2.00 bits per heavy atom. The second kappa shape index (κ2) is 6.93. The number of nitrogens with one attached hydrogen (secondary N) is 1. The van der Waals surface area contributed by atoms with E-state index in [0.717, 1.165) is 0 Å². The molecule has 0 saturated carbocycles. The Bertz CT molecular complexity index is 486. The minimum Gasteiger partial charge on any atom is -0.497 e. The fourth-order valence-corrected chi connectivity index (χ4v) is 1.43. The van der Waals surface area contributed by atoms with Gasteiger partial charge in [-0.2, -0.15) is 13.2 Å². The molecular weight excluding hydrogens is 275 g/mol. The van der Waals surface area contributed by atoms with Crippen molar-refractivity contribution < 1.29 is 27.5 Å². The molecule has 0 saturated heterocycles. The Balaban J connectivity index is 2.44. The Labute approximate surface area is 113 Å². The second-order valence-corrected chi connectivity index (χ2v) is 4.07. The van der Waals surface area contributed by atoms with E-state index in [1.165, 1.54) is 7.11 Å². The second-order valence-electron chi connectivity index (χ2n) is 4.07. The molecule has 0 bridgehead atoms. The third-order valence-corrected chi connectivity index (χ3v) is 2.48. The van der Waals surface area contributed by atoms with Gasteiger partial charge in [-0.1, -0.05) is 12.1 Å². The van der Waals surface area contributed by atoms with E-state index in [2.05, 4.69) is 5.32 Å². The van der Waals surface area contributed by atoms with Gasteiger partial charge in [0.1, 0.15) is 5.75 Å². The van der Waals surface area contributed by atoms with Crippen LogP contribution in [0.15, 0.2) is 24.3 Å². The number of rotatable bonds is 6. The predicted molar refractivity (Wildman–Crippen MR) is 65.1 cm³/mol. The van der Waals surface area contributed by atoms with Crippen LogP contribution in [0.4, 0.5) is 13.2 Å². The third kappa shape index (κ3) is 5.73. The van der Waals surface area contributed by atoms with E-state index in [4.69, 9.17) is 4.74 Å². The van der Waals surface area contributed by atoms with E-state index < -0.39 is 30.7 Å².